The molecule has 5 nitrogen and oxygen atoms in total. The molecule has 3 N–H and O–H groups in total. The van der Waals surface area contributed by atoms with Crippen LogP contribution in [0.1, 0.15) is 26.2 Å². The standard InChI is InChI=1S/C15H24N4O/c1-11(19-8-6-17-7-9-19)10-18-14-5-3-4-13(14)15(16)12(2)20/h17H,1,3-10,16H2,2H3. The first-order valence-corrected chi connectivity index (χ1v) is 7.26. The Labute approximate surface area is 120 Å². The van der Waals surface area contributed by atoms with Crippen molar-refractivity contribution in [3.8, 4) is 0 Å². The van der Waals surface area contributed by atoms with Gasteiger partial charge < -0.3 is 16.0 Å². The summed E-state index contributed by atoms with van der Waals surface area (Å²) in [5, 5.41) is 3.32. The van der Waals surface area contributed by atoms with Crippen molar-refractivity contribution in [3.63, 3.8) is 0 Å². The van der Waals surface area contributed by atoms with Gasteiger partial charge in [-0.15, -0.1) is 0 Å². The van der Waals surface area contributed by atoms with E-state index in [2.05, 4.69) is 21.8 Å². The van der Waals surface area contributed by atoms with E-state index in [1.807, 2.05) is 0 Å². The van der Waals surface area contributed by atoms with E-state index in [4.69, 9.17) is 5.73 Å². The van der Waals surface area contributed by atoms with Crippen molar-refractivity contribution in [2.24, 2.45) is 10.7 Å². The van der Waals surface area contributed by atoms with Crippen LogP contribution in [0.5, 0.6) is 0 Å². The Kier molecular flexibility index (Phi) is 4.95. The molecule has 5 heteroatoms. The number of rotatable bonds is 4. The Hall–Kier alpha value is -1.62. The molecule has 2 fully saturated rings. The van der Waals surface area contributed by atoms with E-state index in [0.29, 0.717) is 12.2 Å². The number of Topliss-reactive ketones (excluding diaryl/α,β-unsaturated/α-hetero) is 1. The minimum Gasteiger partial charge on any atom is -0.396 e. The van der Waals surface area contributed by atoms with Crippen LogP contribution >= 0.6 is 0 Å². The molecule has 20 heavy (non-hydrogen) atoms. The second kappa shape index (κ2) is 6.70. The molecule has 0 atom stereocenters. The van der Waals surface area contributed by atoms with Gasteiger partial charge in [-0.05, 0) is 24.8 Å². The summed E-state index contributed by atoms with van der Waals surface area (Å²) in [5.41, 5.74) is 9.24. The maximum absolute atomic E-state index is 11.4. The summed E-state index contributed by atoms with van der Waals surface area (Å²) >= 11 is 0. The molecule has 0 amide bonds. The molecule has 0 aromatic heterocycles. The van der Waals surface area contributed by atoms with E-state index in [1.54, 1.807) is 0 Å². The van der Waals surface area contributed by atoms with Crippen LogP contribution in [0, 0.1) is 0 Å². The first-order chi connectivity index (χ1) is 9.59. The highest BCUT2D eigenvalue weighted by Gasteiger charge is 2.20. The molecule has 1 saturated heterocycles. The van der Waals surface area contributed by atoms with E-state index in [-0.39, 0.29) is 5.78 Å². The molecule has 1 heterocycles. The number of carbonyl (C=O) groups is 1. The normalized spacial score (nSPS) is 24.1. The third-order valence-corrected chi connectivity index (χ3v) is 3.91. The van der Waals surface area contributed by atoms with Gasteiger partial charge in [0.25, 0.3) is 0 Å². The van der Waals surface area contributed by atoms with Crippen molar-refractivity contribution in [1.82, 2.24) is 10.2 Å². The molecular formula is C15H24N4O. The average Bonchev–Trinajstić information content (AvgIpc) is 2.93. The lowest BCUT2D eigenvalue weighted by molar-refractivity contribution is -0.113. The van der Waals surface area contributed by atoms with Crippen LogP contribution in [0.15, 0.2) is 28.5 Å². The number of hydrogen-bond acceptors (Lipinski definition) is 5. The minimum absolute atomic E-state index is 0.0597. The van der Waals surface area contributed by atoms with Crippen LogP contribution < -0.4 is 11.1 Å². The fraction of sp³-hybridized carbons (Fsp3) is 0.600. The predicted octanol–water partition coefficient (Wildman–Crippen LogP) is 0.832. The number of nitrogens with one attached hydrogen (secondary N) is 1. The third kappa shape index (κ3) is 3.48. The maximum Gasteiger partial charge on any atom is 0.175 e. The lowest BCUT2D eigenvalue weighted by atomic mass is 10.1. The van der Waals surface area contributed by atoms with E-state index in [9.17, 15) is 4.79 Å². The number of nitrogens with zero attached hydrogens (tertiary/aromatic N) is 2. The number of allylic oxidation sites excluding steroid dienone is 2. The van der Waals surface area contributed by atoms with Gasteiger partial charge in [-0.25, -0.2) is 0 Å². The summed E-state index contributed by atoms with van der Waals surface area (Å²) in [6.45, 7) is 10.2. The van der Waals surface area contributed by atoms with Crippen molar-refractivity contribution in [2.75, 3.05) is 32.7 Å². The van der Waals surface area contributed by atoms with Crippen LogP contribution in [-0.2, 0) is 4.79 Å². The van der Waals surface area contributed by atoms with Crippen molar-refractivity contribution in [2.45, 2.75) is 26.2 Å². The van der Waals surface area contributed by atoms with Crippen molar-refractivity contribution < 1.29 is 4.79 Å². The summed E-state index contributed by atoms with van der Waals surface area (Å²) in [6.07, 6.45) is 2.81. The highest BCUT2D eigenvalue weighted by molar-refractivity contribution is 6.09. The first kappa shape index (κ1) is 14.8. The second-order valence-corrected chi connectivity index (χ2v) is 5.37. The topological polar surface area (TPSA) is 70.7 Å². The zero-order valence-corrected chi connectivity index (χ0v) is 12.2. The SMILES string of the molecule is C=C(CN=C1CCCC1=C(N)C(C)=O)N1CCNCC1. The monoisotopic (exact) mass is 276 g/mol. The van der Waals surface area contributed by atoms with Crippen LogP contribution in [-0.4, -0.2) is 49.1 Å². The summed E-state index contributed by atoms with van der Waals surface area (Å²) in [5.74, 6) is -0.0597. The van der Waals surface area contributed by atoms with Gasteiger partial charge in [0.15, 0.2) is 5.78 Å². The molecular weight excluding hydrogens is 252 g/mol. The Morgan fingerprint density at radius 1 is 1.40 bits per heavy atom. The molecule has 0 radical (unpaired) electrons. The zero-order chi connectivity index (χ0) is 14.5. The maximum atomic E-state index is 11.4. The molecule has 0 spiro atoms. The van der Waals surface area contributed by atoms with Gasteiger partial charge in [-0.2, -0.15) is 0 Å². The molecule has 1 aliphatic heterocycles. The summed E-state index contributed by atoms with van der Waals surface area (Å²) in [6, 6.07) is 0. The lowest BCUT2D eigenvalue weighted by Gasteiger charge is -2.30. The predicted molar refractivity (Wildman–Crippen MR) is 81.6 cm³/mol. The van der Waals surface area contributed by atoms with Crippen molar-refractivity contribution in [3.05, 3.63) is 23.5 Å². The molecule has 110 valence electrons. The number of aliphatic imine (C=N–C) groups is 1. The fourth-order valence-corrected chi connectivity index (χ4v) is 2.67. The Balaban J connectivity index is 2.01. The number of carbonyl (C=O) groups excluding carboxylic acids is 1. The summed E-state index contributed by atoms with van der Waals surface area (Å²) in [4.78, 5) is 18.3. The third-order valence-electron chi connectivity index (χ3n) is 3.91. The number of nitrogens with two attached hydrogens (primary N) is 1. The van der Waals surface area contributed by atoms with Crippen molar-refractivity contribution >= 4 is 11.5 Å². The van der Waals surface area contributed by atoms with Crippen LogP contribution in [0.3, 0.4) is 0 Å². The summed E-state index contributed by atoms with van der Waals surface area (Å²) < 4.78 is 0. The van der Waals surface area contributed by atoms with E-state index >= 15 is 0 Å². The molecule has 0 aromatic rings. The van der Waals surface area contributed by atoms with Gasteiger partial charge in [0.05, 0.1) is 12.2 Å². The van der Waals surface area contributed by atoms with Gasteiger partial charge in [-0.3, -0.25) is 9.79 Å². The van der Waals surface area contributed by atoms with Gasteiger partial charge in [0.2, 0.25) is 0 Å². The molecule has 0 aromatic carbocycles. The molecule has 0 unspecified atom stereocenters. The van der Waals surface area contributed by atoms with Gasteiger partial charge in [0, 0.05) is 44.5 Å². The number of piperazine rings is 1. The average molecular weight is 276 g/mol. The first-order valence-electron chi connectivity index (χ1n) is 7.26. The highest BCUT2D eigenvalue weighted by Crippen LogP contribution is 2.24. The molecule has 2 aliphatic rings. The highest BCUT2D eigenvalue weighted by atomic mass is 16.1. The fourth-order valence-electron chi connectivity index (χ4n) is 2.67. The quantitative estimate of drug-likeness (QED) is 0.746. The van der Waals surface area contributed by atoms with E-state index in [1.165, 1.54) is 6.92 Å². The van der Waals surface area contributed by atoms with E-state index in [0.717, 1.165) is 62.4 Å². The van der Waals surface area contributed by atoms with Crippen LogP contribution in [0.4, 0.5) is 0 Å². The zero-order valence-electron chi connectivity index (χ0n) is 12.2. The Morgan fingerprint density at radius 3 is 2.75 bits per heavy atom. The minimum atomic E-state index is -0.0597. The lowest BCUT2D eigenvalue weighted by Crippen LogP contribution is -2.43. The molecule has 1 saturated carbocycles. The van der Waals surface area contributed by atoms with Gasteiger partial charge in [-0.1, -0.05) is 6.58 Å². The smallest absolute Gasteiger partial charge is 0.175 e. The Morgan fingerprint density at radius 2 is 2.10 bits per heavy atom. The van der Waals surface area contributed by atoms with Crippen LogP contribution in [0.25, 0.3) is 0 Å². The largest absolute Gasteiger partial charge is 0.396 e. The van der Waals surface area contributed by atoms with Gasteiger partial charge >= 0.3 is 0 Å². The Bertz CT molecular complexity index is 458. The molecule has 1 aliphatic carbocycles. The number of ketones is 1. The van der Waals surface area contributed by atoms with Crippen LogP contribution in [0.2, 0.25) is 0 Å². The van der Waals surface area contributed by atoms with Gasteiger partial charge in [0.1, 0.15) is 0 Å². The summed E-state index contributed by atoms with van der Waals surface area (Å²) in [7, 11) is 0. The molecule has 0 bridgehead atoms. The number of hydrogen-bond donors (Lipinski definition) is 2. The second-order valence-electron chi connectivity index (χ2n) is 5.37. The molecule has 2 rings (SSSR count). The van der Waals surface area contributed by atoms with E-state index < -0.39 is 0 Å². The van der Waals surface area contributed by atoms with Crippen molar-refractivity contribution in [1.29, 1.82) is 0 Å².